The Morgan fingerprint density at radius 1 is 1.16 bits per heavy atom. The van der Waals surface area contributed by atoms with Gasteiger partial charge in [0.05, 0.1) is 6.61 Å². The SMILES string of the molecule is CC(C)(C)CCCOc1ccc(C#CCCCl)cc1. The van der Waals surface area contributed by atoms with Crippen molar-refractivity contribution in [3.63, 3.8) is 0 Å². The quantitative estimate of drug-likeness (QED) is 0.424. The van der Waals surface area contributed by atoms with Crippen LogP contribution in [0.25, 0.3) is 0 Å². The minimum atomic E-state index is 0.380. The number of hydrogen-bond acceptors (Lipinski definition) is 1. The Morgan fingerprint density at radius 2 is 1.84 bits per heavy atom. The van der Waals surface area contributed by atoms with E-state index in [4.69, 9.17) is 16.3 Å². The number of ether oxygens (including phenoxy) is 1. The predicted octanol–water partition coefficient (Wildman–Crippen LogP) is 4.87. The van der Waals surface area contributed by atoms with E-state index in [1.807, 2.05) is 24.3 Å². The van der Waals surface area contributed by atoms with Gasteiger partial charge in [0.25, 0.3) is 0 Å². The molecule has 0 spiro atoms. The van der Waals surface area contributed by atoms with Gasteiger partial charge in [0.2, 0.25) is 0 Å². The lowest BCUT2D eigenvalue weighted by Crippen LogP contribution is -2.07. The van der Waals surface area contributed by atoms with Gasteiger partial charge in [0.1, 0.15) is 5.75 Å². The molecule has 0 N–H and O–H groups in total. The Hall–Kier alpha value is -1.13. The van der Waals surface area contributed by atoms with E-state index in [9.17, 15) is 0 Å². The average molecular weight is 279 g/mol. The molecule has 0 saturated heterocycles. The van der Waals surface area contributed by atoms with Crippen LogP contribution >= 0.6 is 11.6 Å². The number of halogens is 1. The first kappa shape index (κ1) is 15.9. The topological polar surface area (TPSA) is 9.23 Å². The van der Waals surface area contributed by atoms with Crippen molar-refractivity contribution in [2.24, 2.45) is 5.41 Å². The van der Waals surface area contributed by atoms with E-state index in [1.54, 1.807) is 0 Å². The Kier molecular flexibility index (Phi) is 6.81. The van der Waals surface area contributed by atoms with Crippen molar-refractivity contribution in [3.05, 3.63) is 29.8 Å². The molecule has 2 heteroatoms. The minimum Gasteiger partial charge on any atom is -0.494 e. The number of hydrogen-bond donors (Lipinski definition) is 0. The maximum absolute atomic E-state index is 5.71. The van der Waals surface area contributed by atoms with Crippen molar-refractivity contribution in [2.75, 3.05) is 12.5 Å². The Morgan fingerprint density at radius 3 is 2.42 bits per heavy atom. The lowest BCUT2D eigenvalue weighted by molar-refractivity contribution is 0.269. The number of alkyl halides is 1. The first-order valence-electron chi connectivity index (χ1n) is 6.79. The molecule has 104 valence electrons. The fourth-order valence-electron chi connectivity index (χ4n) is 1.64. The Balaban J connectivity index is 2.35. The molecule has 0 saturated carbocycles. The maximum atomic E-state index is 5.71. The Labute approximate surface area is 122 Å². The van der Waals surface area contributed by atoms with E-state index in [0.29, 0.717) is 11.3 Å². The highest BCUT2D eigenvalue weighted by atomic mass is 35.5. The fourth-order valence-corrected chi connectivity index (χ4v) is 1.73. The zero-order valence-corrected chi connectivity index (χ0v) is 12.9. The summed E-state index contributed by atoms with van der Waals surface area (Å²) in [6.45, 7) is 7.53. The lowest BCUT2D eigenvalue weighted by atomic mass is 9.91. The van der Waals surface area contributed by atoms with Crippen molar-refractivity contribution >= 4 is 11.6 Å². The predicted molar refractivity (Wildman–Crippen MR) is 82.8 cm³/mol. The van der Waals surface area contributed by atoms with Crippen LogP contribution in [0.15, 0.2) is 24.3 Å². The molecular weight excluding hydrogens is 256 g/mol. The molecule has 0 heterocycles. The molecule has 0 atom stereocenters. The molecule has 0 aromatic heterocycles. The van der Waals surface area contributed by atoms with E-state index in [-0.39, 0.29) is 0 Å². The van der Waals surface area contributed by atoms with Gasteiger partial charge < -0.3 is 4.74 Å². The van der Waals surface area contributed by atoms with Crippen LogP contribution in [0.5, 0.6) is 5.75 Å². The summed E-state index contributed by atoms with van der Waals surface area (Å²) in [6.07, 6.45) is 2.99. The third-order valence-corrected chi connectivity index (χ3v) is 2.84. The van der Waals surface area contributed by atoms with Crippen LogP contribution in [-0.2, 0) is 0 Å². The second-order valence-electron chi connectivity index (χ2n) is 5.78. The standard InChI is InChI=1S/C17H23ClO/c1-17(2,3)12-6-14-19-16-10-8-15(9-11-16)7-4-5-13-18/h8-11H,5-6,12-14H2,1-3H3. The van der Waals surface area contributed by atoms with Crippen LogP contribution in [0.4, 0.5) is 0 Å². The molecule has 19 heavy (non-hydrogen) atoms. The number of rotatable bonds is 5. The van der Waals surface area contributed by atoms with Gasteiger partial charge in [-0.25, -0.2) is 0 Å². The summed E-state index contributed by atoms with van der Waals surface area (Å²) < 4.78 is 5.71. The van der Waals surface area contributed by atoms with Gasteiger partial charge in [0, 0.05) is 17.9 Å². The molecule has 0 aliphatic carbocycles. The third-order valence-electron chi connectivity index (χ3n) is 2.65. The van der Waals surface area contributed by atoms with Crippen LogP contribution in [0.3, 0.4) is 0 Å². The molecule has 0 aliphatic rings. The summed E-state index contributed by atoms with van der Waals surface area (Å²) in [5, 5.41) is 0. The molecule has 1 aromatic rings. The largest absolute Gasteiger partial charge is 0.494 e. The summed E-state index contributed by atoms with van der Waals surface area (Å²) in [5.74, 6) is 7.59. The van der Waals surface area contributed by atoms with Crippen molar-refractivity contribution in [2.45, 2.75) is 40.0 Å². The molecule has 0 aliphatic heterocycles. The first-order valence-corrected chi connectivity index (χ1v) is 7.32. The Bertz CT molecular complexity index is 417. The van der Waals surface area contributed by atoms with Crippen LogP contribution in [0.2, 0.25) is 0 Å². The second kappa shape index (κ2) is 8.12. The summed E-state index contributed by atoms with van der Waals surface area (Å²) in [7, 11) is 0. The smallest absolute Gasteiger partial charge is 0.119 e. The van der Waals surface area contributed by atoms with Gasteiger partial charge in [-0.05, 0) is 42.5 Å². The molecule has 0 unspecified atom stereocenters. The zero-order valence-electron chi connectivity index (χ0n) is 12.1. The molecule has 0 bridgehead atoms. The van der Waals surface area contributed by atoms with E-state index < -0.39 is 0 Å². The molecule has 0 amide bonds. The molecule has 1 rings (SSSR count). The highest BCUT2D eigenvalue weighted by Crippen LogP contribution is 2.21. The monoisotopic (exact) mass is 278 g/mol. The minimum absolute atomic E-state index is 0.380. The van der Waals surface area contributed by atoms with Crippen molar-refractivity contribution in [3.8, 4) is 17.6 Å². The van der Waals surface area contributed by atoms with E-state index in [2.05, 4.69) is 32.6 Å². The van der Waals surface area contributed by atoms with Crippen molar-refractivity contribution < 1.29 is 4.74 Å². The van der Waals surface area contributed by atoms with Gasteiger partial charge in [0.15, 0.2) is 0 Å². The fraction of sp³-hybridized carbons (Fsp3) is 0.529. The van der Waals surface area contributed by atoms with E-state index in [0.717, 1.165) is 30.8 Å². The van der Waals surface area contributed by atoms with Crippen molar-refractivity contribution in [1.82, 2.24) is 0 Å². The van der Waals surface area contributed by atoms with Gasteiger partial charge in [-0.15, -0.1) is 11.6 Å². The van der Waals surface area contributed by atoms with Gasteiger partial charge in [-0.3, -0.25) is 0 Å². The molecular formula is C17H23ClO. The summed E-state index contributed by atoms with van der Waals surface area (Å²) >= 11 is 5.57. The third kappa shape index (κ3) is 7.80. The van der Waals surface area contributed by atoms with Gasteiger partial charge in [-0.1, -0.05) is 32.6 Å². The first-order chi connectivity index (χ1) is 9.01. The average Bonchev–Trinajstić information content (AvgIpc) is 2.36. The highest BCUT2D eigenvalue weighted by molar-refractivity contribution is 6.18. The van der Waals surface area contributed by atoms with Crippen LogP contribution in [0, 0.1) is 17.3 Å². The van der Waals surface area contributed by atoms with E-state index in [1.165, 1.54) is 6.42 Å². The molecule has 0 radical (unpaired) electrons. The van der Waals surface area contributed by atoms with Crippen molar-refractivity contribution in [1.29, 1.82) is 0 Å². The van der Waals surface area contributed by atoms with Crippen LogP contribution in [-0.4, -0.2) is 12.5 Å². The summed E-state index contributed by atoms with van der Waals surface area (Å²) in [4.78, 5) is 0. The second-order valence-corrected chi connectivity index (χ2v) is 6.16. The zero-order chi connectivity index (χ0) is 14.1. The lowest BCUT2D eigenvalue weighted by Gasteiger charge is -2.17. The summed E-state index contributed by atoms with van der Waals surface area (Å²) in [5.41, 5.74) is 1.39. The van der Waals surface area contributed by atoms with Crippen LogP contribution in [0.1, 0.15) is 45.6 Å². The normalized spacial score (nSPS) is 10.7. The van der Waals surface area contributed by atoms with E-state index >= 15 is 0 Å². The van der Waals surface area contributed by atoms with Crippen LogP contribution < -0.4 is 4.74 Å². The van der Waals surface area contributed by atoms with Gasteiger partial charge >= 0.3 is 0 Å². The highest BCUT2D eigenvalue weighted by Gasteiger charge is 2.09. The molecule has 1 nitrogen and oxygen atoms in total. The molecule has 0 fully saturated rings. The van der Waals surface area contributed by atoms with Gasteiger partial charge in [-0.2, -0.15) is 0 Å². The maximum Gasteiger partial charge on any atom is 0.119 e. The number of benzene rings is 1. The molecule has 1 aromatic carbocycles. The summed E-state index contributed by atoms with van der Waals surface area (Å²) in [6, 6.07) is 7.92.